The van der Waals surface area contributed by atoms with E-state index in [1.165, 1.54) is 12.1 Å². The minimum Gasteiger partial charge on any atom is -0.507 e. The summed E-state index contributed by atoms with van der Waals surface area (Å²) >= 11 is 5.76. The number of hydrogen-bond donors (Lipinski definition) is 2. The maximum atomic E-state index is 12.2. The van der Waals surface area contributed by atoms with Gasteiger partial charge in [0.15, 0.2) is 0 Å². The number of hydrogen-bond acceptors (Lipinski definition) is 3. The van der Waals surface area contributed by atoms with Crippen LogP contribution in [-0.2, 0) is 4.74 Å². The number of halogens is 1. The summed E-state index contributed by atoms with van der Waals surface area (Å²) in [6, 6.07) is 4.41. The summed E-state index contributed by atoms with van der Waals surface area (Å²) in [5, 5.41) is 12.4. The minimum absolute atomic E-state index is 0.143. The van der Waals surface area contributed by atoms with Crippen LogP contribution < -0.4 is 5.32 Å². The zero-order valence-electron chi connectivity index (χ0n) is 11.9. The molecule has 2 rings (SSSR count). The van der Waals surface area contributed by atoms with Crippen LogP contribution in [0.2, 0.25) is 5.02 Å². The van der Waals surface area contributed by atoms with E-state index >= 15 is 0 Å². The van der Waals surface area contributed by atoms with Crippen LogP contribution in [-0.4, -0.2) is 29.8 Å². The molecule has 4 nitrogen and oxygen atoms in total. The zero-order chi connectivity index (χ0) is 14.8. The van der Waals surface area contributed by atoms with Crippen molar-refractivity contribution in [2.24, 2.45) is 5.92 Å². The number of carbonyl (C=O) groups excluding carboxylic acids is 1. The van der Waals surface area contributed by atoms with Gasteiger partial charge in [0.05, 0.1) is 13.1 Å². The summed E-state index contributed by atoms with van der Waals surface area (Å²) < 4.78 is 5.63. The van der Waals surface area contributed by atoms with Crippen molar-refractivity contribution in [1.82, 2.24) is 0 Å². The Morgan fingerprint density at radius 2 is 2.05 bits per heavy atom. The number of ether oxygens (including phenoxy) is 1. The van der Waals surface area contributed by atoms with Crippen molar-refractivity contribution < 1.29 is 20.0 Å². The van der Waals surface area contributed by atoms with Crippen molar-refractivity contribution in [1.29, 1.82) is 0 Å². The van der Waals surface area contributed by atoms with Crippen molar-refractivity contribution in [2.45, 2.75) is 32.3 Å². The molecule has 20 heavy (non-hydrogen) atoms. The van der Waals surface area contributed by atoms with E-state index in [-0.39, 0.29) is 11.3 Å². The van der Waals surface area contributed by atoms with Crippen molar-refractivity contribution in [3.63, 3.8) is 0 Å². The van der Waals surface area contributed by atoms with Gasteiger partial charge in [0.25, 0.3) is 0 Å². The summed E-state index contributed by atoms with van der Waals surface area (Å²) in [4.78, 5) is 12.2. The first kappa shape index (κ1) is 15.1. The van der Waals surface area contributed by atoms with E-state index in [4.69, 9.17) is 16.3 Å². The molecule has 0 bridgehead atoms. The van der Waals surface area contributed by atoms with Crippen molar-refractivity contribution in [3.8, 4) is 5.75 Å². The molecule has 0 atom stereocenters. The quantitative estimate of drug-likeness (QED) is 0.839. The van der Waals surface area contributed by atoms with E-state index in [0.29, 0.717) is 10.9 Å². The molecule has 0 amide bonds. The molecular formula is C15H21ClNO3+. The highest BCUT2D eigenvalue weighted by Crippen LogP contribution is 2.30. The number of benzene rings is 1. The molecule has 0 saturated carbocycles. The summed E-state index contributed by atoms with van der Waals surface area (Å²) in [6.07, 6.45) is 2.07. The Balaban J connectivity index is 2.09. The maximum absolute atomic E-state index is 12.2. The molecule has 1 fully saturated rings. The number of carbonyl (C=O) groups is 1. The smallest absolute Gasteiger partial charge is 0.342 e. The van der Waals surface area contributed by atoms with Gasteiger partial charge in [-0.15, -0.1) is 0 Å². The van der Waals surface area contributed by atoms with Crippen LogP contribution in [0.4, 0.5) is 0 Å². The zero-order valence-corrected chi connectivity index (χ0v) is 12.6. The van der Waals surface area contributed by atoms with Crippen molar-refractivity contribution >= 4 is 17.6 Å². The normalized spacial score (nSPS) is 16.9. The first-order valence-electron chi connectivity index (χ1n) is 6.93. The Kier molecular flexibility index (Phi) is 4.55. The van der Waals surface area contributed by atoms with Crippen LogP contribution in [0.3, 0.4) is 0 Å². The molecule has 1 aromatic carbocycles. The second-order valence-corrected chi connectivity index (χ2v) is 6.23. The summed E-state index contributed by atoms with van der Waals surface area (Å²) in [7, 11) is 0. The second kappa shape index (κ2) is 6.02. The van der Waals surface area contributed by atoms with Gasteiger partial charge in [-0.2, -0.15) is 0 Å². The molecule has 1 aromatic rings. The number of phenols is 1. The van der Waals surface area contributed by atoms with Crippen LogP contribution in [0, 0.1) is 5.92 Å². The van der Waals surface area contributed by atoms with Crippen LogP contribution in [0.1, 0.15) is 37.0 Å². The van der Waals surface area contributed by atoms with E-state index in [2.05, 4.69) is 5.32 Å². The summed E-state index contributed by atoms with van der Waals surface area (Å²) in [5.41, 5.74) is -0.373. The van der Waals surface area contributed by atoms with E-state index in [9.17, 15) is 9.90 Å². The van der Waals surface area contributed by atoms with Crippen LogP contribution in [0.15, 0.2) is 18.2 Å². The van der Waals surface area contributed by atoms with Gasteiger partial charge in [0.1, 0.15) is 16.9 Å². The Bertz CT molecular complexity index is 496. The predicted molar refractivity (Wildman–Crippen MR) is 77.0 cm³/mol. The molecule has 1 aliphatic rings. The van der Waals surface area contributed by atoms with Gasteiger partial charge in [0.2, 0.25) is 0 Å². The van der Waals surface area contributed by atoms with E-state index in [0.717, 1.165) is 25.9 Å². The molecule has 110 valence electrons. The van der Waals surface area contributed by atoms with Crippen LogP contribution in [0.25, 0.3) is 0 Å². The van der Waals surface area contributed by atoms with Gasteiger partial charge in [-0.3, -0.25) is 0 Å². The second-order valence-electron chi connectivity index (χ2n) is 5.79. The molecule has 0 aromatic heterocycles. The highest BCUT2D eigenvalue weighted by atomic mass is 35.5. The molecule has 3 N–H and O–H groups in total. The van der Waals surface area contributed by atoms with Gasteiger partial charge in [0, 0.05) is 23.8 Å². The fourth-order valence-corrected chi connectivity index (χ4v) is 2.84. The number of quaternary nitrogens is 1. The lowest BCUT2D eigenvalue weighted by atomic mass is 9.83. The van der Waals surface area contributed by atoms with Gasteiger partial charge in [-0.1, -0.05) is 11.6 Å². The Morgan fingerprint density at radius 3 is 2.65 bits per heavy atom. The standard InChI is InChI=1S/C15H20ClNO3/c1-15(2,10-5-7-17-8-6-10)20-14(19)12-4-3-11(16)9-13(12)18/h3-4,9-10,17-18H,5-8H2,1-2H3/p+1. The highest BCUT2D eigenvalue weighted by Gasteiger charge is 2.35. The average Bonchev–Trinajstić information content (AvgIpc) is 2.39. The van der Waals surface area contributed by atoms with E-state index in [1.54, 1.807) is 6.07 Å². The largest absolute Gasteiger partial charge is 0.507 e. The fraction of sp³-hybridized carbons (Fsp3) is 0.533. The first-order valence-corrected chi connectivity index (χ1v) is 7.31. The number of piperidine rings is 1. The lowest BCUT2D eigenvalue weighted by Gasteiger charge is -2.35. The number of esters is 1. The lowest BCUT2D eigenvalue weighted by Crippen LogP contribution is -2.86. The SMILES string of the molecule is CC(C)(OC(=O)c1ccc(Cl)cc1O)C1CC[NH2+]CC1. The lowest BCUT2D eigenvalue weighted by molar-refractivity contribution is -0.665. The minimum atomic E-state index is -0.530. The van der Waals surface area contributed by atoms with Gasteiger partial charge >= 0.3 is 5.97 Å². The monoisotopic (exact) mass is 298 g/mol. The number of aromatic hydroxyl groups is 1. The van der Waals surface area contributed by atoms with Crippen LogP contribution in [0.5, 0.6) is 5.75 Å². The Labute approximate surface area is 124 Å². The third-order valence-electron chi connectivity index (χ3n) is 3.96. The topological polar surface area (TPSA) is 63.1 Å². The maximum Gasteiger partial charge on any atom is 0.342 e. The van der Waals surface area contributed by atoms with E-state index in [1.807, 2.05) is 13.8 Å². The molecule has 1 aliphatic heterocycles. The molecular weight excluding hydrogens is 278 g/mol. The first-order chi connectivity index (χ1) is 9.40. The summed E-state index contributed by atoms with van der Waals surface area (Å²) in [6.45, 7) is 6.01. The Hall–Kier alpha value is -1.26. The number of nitrogens with two attached hydrogens (primary N) is 1. The molecule has 1 saturated heterocycles. The van der Waals surface area contributed by atoms with Gasteiger partial charge in [-0.25, -0.2) is 4.79 Å². The molecule has 5 heteroatoms. The summed E-state index contributed by atoms with van der Waals surface area (Å²) in [5.74, 6) is -0.292. The van der Waals surface area contributed by atoms with E-state index < -0.39 is 11.6 Å². The fourth-order valence-electron chi connectivity index (χ4n) is 2.68. The third-order valence-corrected chi connectivity index (χ3v) is 4.19. The molecule has 0 spiro atoms. The van der Waals surface area contributed by atoms with Gasteiger partial charge in [-0.05, 0) is 32.0 Å². The molecule has 0 aliphatic carbocycles. The number of phenolic OH excluding ortho intramolecular Hbond substituents is 1. The molecule has 0 radical (unpaired) electrons. The Morgan fingerprint density at radius 1 is 1.40 bits per heavy atom. The van der Waals surface area contributed by atoms with Crippen molar-refractivity contribution in [2.75, 3.05) is 13.1 Å². The highest BCUT2D eigenvalue weighted by molar-refractivity contribution is 6.30. The van der Waals surface area contributed by atoms with Crippen molar-refractivity contribution in [3.05, 3.63) is 28.8 Å². The molecule has 0 unspecified atom stereocenters. The number of rotatable bonds is 3. The average molecular weight is 299 g/mol. The third kappa shape index (κ3) is 3.44. The van der Waals surface area contributed by atoms with Gasteiger partial charge < -0.3 is 15.2 Å². The predicted octanol–water partition coefficient (Wildman–Crippen LogP) is 1.95. The molecule has 1 heterocycles. The van der Waals surface area contributed by atoms with Crippen LogP contribution >= 0.6 is 11.6 Å².